The van der Waals surface area contributed by atoms with Gasteiger partial charge in [0.15, 0.2) is 11.7 Å². The number of alkyl carbamates (subject to hydrolysis) is 1. The summed E-state index contributed by atoms with van der Waals surface area (Å²) in [4.78, 5) is 98.6. The fraction of sp³-hybridized carbons (Fsp3) is 0.649. The predicted octanol–water partition coefficient (Wildman–Crippen LogP) is -0.390. The molecule has 36 nitrogen and oxygen atoms in total. The largest absolute Gasteiger partial charge is 0.479 e. The van der Waals surface area contributed by atoms with Crippen LogP contribution in [0.15, 0.2) is 35.1 Å². The molecule has 6 heterocycles. The van der Waals surface area contributed by atoms with Crippen molar-refractivity contribution >= 4 is 46.7 Å². The minimum absolute atomic E-state index is 0.00837. The number of rotatable bonds is 52. The second-order valence-corrected chi connectivity index (χ2v) is 26.7. The molecule has 616 valence electrons. The molecule has 1 aliphatic carbocycles. The number of likely N-dealkylation sites (tertiary alicyclic amines) is 1. The van der Waals surface area contributed by atoms with E-state index in [4.69, 9.17) is 91.2 Å². The number of benzene rings is 2. The standard InChI is InChI=1S/C74H104FN7O29/c1-4-74(94)52-36-56-63-50(39-82(56)68(89)51(52)41-107-71(74)92)62-54(7-6-49-46(2)53(75)37-55(79-63)61(49)62)80-72(93)108-40-47-5-8-57(110-70-66(88)64(86)65(87)67(111-70)69(90)91)48(35-47)38-78-58(83)9-11-77-59(84)42-109-73(43-76)44-81(45-73)60(85)10-12-96-15-16-98-19-20-100-23-24-102-27-28-104-31-32-106-34-33-105-30-29-103-26-25-101-22-21-99-18-17-97-14-13-95-3/h5,8,35-37,54,64-67,70,86-88,94H,4,6-7,9-34,38-45,76H2,1-3H3,(H,77,84)(H,78,83)(H,80,93)(H,90,91)/t54-,64-,65-,66+,67-,70+,74-/m0/s1. The van der Waals surface area contributed by atoms with Crippen molar-refractivity contribution in [3.8, 4) is 17.1 Å². The van der Waals surface area contributed by atoms with Crippen LogP contribution in [0, 0.1) is 12.7 Å². The molecule has 0 saturated carbocycles. The zero-order valence-corrected chi connectivity index (χ0v) is 62.8. The van der Waals surface area contributed by atoms with Crippen molar-refractivity contribution in [1.82, 2.24) is 30.4 Å². The zero-order valence-electron chi connectivity index (χ0n) is 62.8. The van der Waals surface area contributed by atoms with Gasteiger partial charge in [-0.1, -0.05) is 13.0 Å². The lowest BCUT2D eigenvalue weighted by Crippen LogP contribution is -2.68. The van der Waals surface area contributed by atoms with Crippen LogP contribution in [0.3, 0.4) is 0 Å². The maximum absolute atomic E-state index is 15.6. The summed E-state index contributed by atoms with van der Waals surface area (Å²) in [5.41, 5.74) is 6.21. The molecule has 0 spiro atoms. The lowest BCUT2D eigenvalue weighted by Gasteiger charge is -2.49. The Hall–Kier alpha value is -7.61. The Kier molecular flexibility index (Phi) is 34.8. The number of hydrogen-bond acceptors (Lipinski definition) is 30. The van der Waals surface area contributed by atoms with Gasteiger partial charge in [-0.25, -0.2) is 23.8 Å². The zero-order chi connectivity index (χ0) is 79.3. The Morgan fingerprint density at radius 1 is 0.703 bits per heavy atom. The van der Waals surface area contributed by atoms with Crippen molar-refractivity contribution in [2.45, 2.75) is 120 Å². The summed E-state index contributed by atoms with van der Waals surface area (Å²) in [5, 5.41) is 61.7. The van der Waals surface area contributed by atoms with Crippen molar-refractivity contribution in [2.24, 2.45) is 5.73 Å². The Morgan fingerprint density at radius 3 is 1.82 bits per heavy atom. The maximum atomic E-state index is 15.6. The second-order valence-electron chi connectivity index (χ2n) is 26.7. The fourth-order valence-corrected chi connectivity index (χ4v) is 13.0. The van der Waals surface area contributed by atoms with Crippen LogP contribution in [-0.4, -0.2) is 304 Å². The second kappa shape index (κ2) is 44.2. The van der Waals surface area contributed by atoms with Crippen molar-refractivity contribution in [2.75, 3.05) is 192 Å². The molecule has 2 aromatic heterocycles. The molecule has 2 aromatic carbocycles. The molecule has 4 aliphatic heterocycles. The highest BCUT2D eigenvalue weighted by Gasteiger charge is 2.50. The van der Waals surface area contributed by atoms with E-state index < -0.39 is 95.8 Å². The van der Waals surface area contributed by atoms with Crippen molar-refractivity contribution in [1.29, 1.82) is 0 Å². The Labute approximate surface area is 640 Å². The van der Waals surface area contributed by atoms with Gasteiger partial charge in [-0.05, 0) is 66.6 Å². The first-order valence-electron chi connectivity index (χ1n) is 37.2. The molecule has 0 bridgehead atoms. The lowest BCUT2D eigenvalue weighted by atomic mass is 9.81. The number of aryl methyl sites for hydroxylation is 1. The topological polar surface area (TPSA) is 461 Å². The summed E-state index contributed by atoms with van der Waals surface area (Å²) in [6, 6.07) is 6.37. The number of nitrogens with one attached hydrogen (secondary N) is 3. The molecule has 2 saturated heterocycles. The molecule has 111 heavy (non-hydrogen) atoms. The monoisotopic (exact) mass is 1570 g/mol. The van der Waals surface area contributed by atoms with E-state index in [-0.39, 0.29) is 131 Å². The van der Waals surface area contributed by atoms with Crippen LogP contribution >= 0.6 is 0 Å². The number of ether oxygens (including phenoxy) is 17. The smallest absolute Gasteiger partial charge is 0.407 e. The number of aliphatic hydroxyl groups excluding tert-OH is 3. The average Bonchev–Trinajstić information content (AvgIpc) is 1.60. The van der Waals surface area contributed by atoms with Gasteiger partial charge in [0.05, 0.1) is 207 Å². The number of nitrogens with zero attached hydrogens (tertiary/aromatic N) is 3. The third-order valence-corrected chi connectivity index (χ3v) is 19.2. The van der Waals surface area contributed by atoms with Gasteiger partial charge in [0.1, 0.15) is 55.3 Å². The van der Waals surface area contributed by atoms with Gasteiger partial charge < -0.3 is 137 Å². The molecule has 2 fully saturated rings. The normalized spacial score (nSPS) is 20.1. The summed E-state index contributed by atoms with van der Waals surface area (Å²) in [6.45, 7) is 11.7. The molecule has 9 rings (SSSR count). The van der Waals surface area contributed by atoms with Gasteiger partial charge >= 0.3 is 18.0 Å². The number of aliphatic hydroxyl groups is 4. The number of carboxylic acids is 1. The van der Waals surface area contributed by atoms with Crippen LogP contribution in [0.25, 0.3) is 22.3 Å². The van der Waals surface area contributed by atoms with Gasteiger partial charge in [-0.15, -0.1) is 0 Å². The Morgan fingerprint density at radius 2 is 1.27 bits per heavy atom. The molecule has 7 atom stereocenters. The van der Waals surface area contributed by atoms with Crippen LogP contribution in [0.2, 0.25) is 0 Å². The van der Waals surface area contributed by atoms with Crippen LogP contribution < -0.4 is 32.0 Å². The highest BCUT2D eigenvalue weighted by molar-refractivity contribution is 5.94. The van der Waals surface area contributed by atoms with Crippen LogP contribution in [-0.2, 0) is 138 Å². The third-order valence-electron chi connectivity index (χ3n) is 19.2. The van der Waals surface area contributed by atoms with Crippen molar-refractivity contribution in [3.05, 3.63) is 91.0 Å². The molecule has 37 heteroatoms. The fourth-order valence-electron chi connectivity index (χ4n) is 13.0. The number of fused-ring (bicyclic) bond motifs is 5. The van der Waals surface area contributed by atoms with E-state index in [9.17, 15) is 59.1 Å². The maximum Gasteiger partial charge on any atom is 0.407 e. The molecule has 0 radical (unpaired) electrons. The predicted molar refractivity (Wildman–Crippen MR) is 384 cm³/mol. The number of nitrogens with two attached hydrogens (primary N) is 1. The highest BCUT2D eigenvalue weighted by Crippen LogP contribution is 2.46. The number of halogens is 1. The van der Waals surface area contributed by atoms with Gasteiger partial charge in [0.25, 0.3) is 5.56 Å². The number of cyclic esters (lactones) is 1. The van der Waals surface area contributed by atoms with E-state index in [0.29, 0.717) is 184 Å². The Bertz CT molecular complexity index is 3790. The SMILES string of the molecule is CC[C@@]1(O)C(=O)OCc2c1cc1n(c2=O)Cc2c-1nc1cc(F)c(C)c3c1c2[C@@H](NC(=O)OCc1ccc(O[C@@H]2O[C@H](C(=O)O)[C@@H](O)[C@H](O)[C@H]2O)c(CNC(=O)CCNC(=O)COC2(CN)CN(C(=O)CCOCCOCCOCCOCCOCCOCCOCCOCCOCCOCCOCCOC)C2)c1)CC3. The number of hydrogen-bond donors (Lipinski definition) is 9. The summed E-state index contributed by atoms with van der Waals surface area (Å²) in [7, 11) is 1.63. The van der Waals surface area contributed by atoms with E-state index in [1.54, 1.807) is 31.9 Å². The number of carboxylic acid groups (broad SMARTS) is 1. The van der Waals surface area contributed by atoms with Gasteiger partial charge in [0.2, 0.25) is 24.0 Å². The first-order chi connectivity index (χ1) is 53.7. The average molecular weight is 1570 g/mol. The quantitative estimate of drug-likeness (QED) is 0.0177. The third kappa shape index (κ3) is 24.2. The number of carbonyl (C=O) groups is 6. The molecular weight excluding hydrogens is 1470 g/mol. The summed E-state index contributed by atoms with van der Waals surface area (Å²) in [6.07, 6.45) is -10.3. The van der Waals surface area contributed by atoms with Crippen molar-refractivity contribution < 1.29 is 139 Å². The van der Waals surface area contributed by atoms with E-state index in [1.807, 2.05) is 0 Å². The van der Waals surface area contributed by atoms with E-state index in [0.717, 1.165) is 0 Å². The van der Waals surface area contributed by atoms with E-state index >= 15 is 4.39 Å². The molecule has 0 unspecified atom stereocenters. The molecule has 4 aromatic rings. The van der Waals surface area contributed by atoms with E-state index in [1.165, 1.54) is 28.8 Å². The molecule has 4 amide bonds. The number of amides is 4. The summed E-state index contributed by atoms with van der Waals surface area (Å²) < 4.78 is 111. The number of esters is 1. The minimum Gasteiger partial charge on any atom is -0.479 e. The molecule has 10 N–H and O–H groups in total. The van der Waals surface area contributed by atoms with Crippen LogP contribution in [0.4, 0.5) is 9.18 Å². The number of aromatic nitrogens is 2. The number of pyridine rings is 2. The first-order valence-corrected chi connectivity index (χ1v) is 37.2. The molecular formula is C74H104FN7O29. The molecule has 5 aliphatic rings. The van der Waals surface area contributed by atoms with Gasteiger partial charge in [-0.2, -0.15) is 0 Å². The number of methoxy groups -OCH3 is 1. The highest BCUT2D eigenvalue weighted by atomic mass is 19.1. The summed E-state index contributed by atoms with van der Waals surface area (Å²) in [5.74, 6) is -4.47. The van der Waals surface area contributed by atoms with Gasteiger partial charge in [-0.3, -0.25) is 19.2 Å². The van der Waals surface area contributed by atoms with Crippen molar-refractivity contribution in [3.63, 3.8) is 0 Å². The minimum atomic E-state index is -2.10. The van der Waals surface area contributed by atoms with E-state index in [2.05, 4.69) is 16.0 Å². The number of aliphatic carboxylic acids is 1. The Balaban J connectivity index is 0.629. The lowest BCUT2D eigenvalue weighted by molar-refractivity contribution is -0.271. The van der Waals surface area contributed by atoms with Gasteiger partial charge in [0, 0.05) is 61.3 Å². The number of carbonyl (C=O) groups excluding carboxylic acids is 5. The van der Waals surface area contributed by atoms with Crippen LogP contribution in [0.1, 0.15) is 83.2 Å². The first kappa shape index (κ1) is 87.4. The summed E-state index contributed by atoms with van der Waals surface area (Å²) >= 11 is 0. The van der Waals surface area contributed by atoms with Crippen LogP contribution in [0.5, 0.6) is 5.75 Å².